The van der Waals surface area contributed by atoms with E-state index >= 15 is 0 Å². The SMILES string of the molecule is Oc1ccccc1C=Nc1cccc2cccnc12.[Cl][V][Cl]. The normalized spacial score (nSPS) is 10.3. The van der Waals surface area contributed by atoms with Crippen molar-refractivity contribution in [2.75, 3.05) is 0 Å². The Morgan fingerprint density at radius 1 is 1.00 bits per heavy atom. The van der Waals surface area contributed by atoms with Crippen molar-refractivity contribution in [2.45, 2.75) is 0 Å². The van der Waals surface area contributed by atoms with Crippen molar-refractivity contribution in [1.29, 1.82) is 0 Å². The van der Waals surface area contributed by atoms with E-state index < -0.39 is 0 Å². The van der Waals surface area contributed by atoms with Gasteiger partial charge in [-0.25, -0.2) is 0 Å². The molecule has 3 nitrogen and oxygen atoms in total. The molecule has 0 atom stereocenters. The minimum atomic E-state index is -0.368. The first-order valence-electron chi connectivity index (χ1n) is 6.34. The number of aromatic nitrogens is 1. The molecule has 0 saturated carbocycles. The molecule has 0 aliphatic carbocycles. The number of aliphatic imine (C=N–C) groups is 1. The summed E-state index contributed by atoms with van der Waals surface area (Å²) < 4.78 is 0. The monoisotopic (exact) mass is 369 g/mol. The first kappa shape index (κ1) is 16.8. The van der Waals surface area contributed by atoms with Crippen molar-refractivity contribution in [2.24, 2.45) is 4.99 Å². The second-order valence-corrected chi connectivity index (χ2v) is 6.54. The van der Waals surface area contributed by atoms with Crippen LogP contribution in [0.25, 0.3) is 10.9 Å². The molecule has 1 heterocycles. The fraction of sp³-hybridized carbons (Fsp3) is 0. The summed E-state index contributed by atoms with van der Waals surface area (Å²) in [5.41, 5.74) is 2.34. The Bertz CT molecular complexity index is 775. The van der Waals surface area contributed by atoms with Gasteiger partial charge in [0.15, 0.2) is 0 Å². The van der Waals surface area contributed by atoms with E-state index in [1.165, 1.54) is 0 Å². The fourth-order valence-electron chi connectivity index (χ4n) is 1.93. The van der Waals surface area contributed by atoms with Crippen molar-refractivity contribution < 1.29 is 19.5 Å². The van der Waals surface area contributed by atoms with Crippen LogP contribution in [0.4, 0.5) is 5.69 Å². The van der Waals surface area contributed by atoms with Gasteiger partial charge < -0.3 is 5.11 Å². The van der Waals surface area contributed by atoms with Crippen LogP contribution >= 0.6 is 19.7 Å². The number of phenolic OH excluding ortho intramolecular Hbond substituents is 1. The van der Waals surface area contributed by atoms with Crippen LogP contribution < -0.4 is 0 Å². The standard InChI is InChI=1S/C16H12N2O.2ClH.V/c19-15-9-2-1-5-13(15)11-18-14-8-3-6-12-7-4-10-17-16(12)14;;;/h1-11,19H;2*1H;/q;;;+2/p-2. The first-order valence-corrected chi connectivity index (χ1v) is 10.2. The Kier molecular flexibility index (Phi) is 6.75. The molecule has 0 saturated heterocycles. The zero-order valence-electron chi connectivity index (χ0n) is 11.4. The maximum atomic E-state index is 9.69. The van der Waals surface area contributed by atoms with E-state index in [1.807, 2.05) is 42.5 Å². The first-order chi connectivity index (χ1) is 10.8. The molecule has 22 heavy (non-hydrogen) atoms. The van der Waals surface area contributed by atoms with Crippen molar-refractivity contribution in [3.63, 3.8) is 0 Å². The van der Waals surface area contributed by atoms with Crippen molar-refractivity contribution in [3.8, 4) is 5.75 Å². The third-order valence-electron chi connectivity index (χ3n) is 2.89. The van der Waals surface area contributed by atoms with Gasteiger partial charge in [-0.1, -0.05) is 30.3 Å². The van der Waals surface area contributed by atoms with Gasteiger partial charge in [0.2, 0.25) is 0 Å². The van der Waals surface area contributed by atoms with E-state index in [1.54, 1.807) is 24.5 Å². The van der Waals surface area contributed by atoms with Gasteiger partial charge in [0.1, 0.15) is 5.75 Å². The van der Waals surface area contributed by atoms with E-state index in [0.29, 0.717) is 5.56 Å². The topological polar surface area (TPSA) is 45.5 Å². The molecule has 0 unspecified atom stereocenters. The molecule has 0 bridgehead atoms. The summed E-state index contributed by atoms with van der Waals surface area (Å²) in [6.45, 7) is 0. The molecule has 1 N–H and O–H groups in total. The predicted molar refractivity (Wildman–Crippen MR) is 88.8 cm³/mol. The molecule has 111 valence electrons. The van der Waals surface area contributed by atoms with Gasteiger partial charge in [0.05, 0.1) is 11.2 Å². The summed E-state index contributed by atoms with van der Waals surface area (Å²) in [6, 6.07) is 16.9. The van der Waals surface area contributed by atoms with E-state index in [4.69, 9.17) is 19.7 Å². The van der Waals surface area contributed by atoms with Gasteiger partial charge in [-0.15, -0.1) is 0 Å². The quantitative estimate of drug-likeness (QED) is 0.641. The third-order valence-corrected chi connectivity index (χ3v) is 2.89. The Morgan fingerprint density at radius 3 is 2.50 bits per heavy atom. The number of aromatic hydroxyl groups is 1. The summed E-state index contributed by atoms with van der Waals surface area (Å²) in [7, 11) is 9.72. The molecule has 0 spiro atoms. The number of halogens is 2. The number of fused-ring (bicyclic) bond motifs is 1. The van der Waals surface area contributed by atoms with Crippen LogP contribution in [-0.4, -0.2) is 16.3 Å². The summed E-state index contributed by atoms with van der Waals surface area (Å²) in [5.74, 6) is 0.222. The Hall–Kier alpha value is -1.52. The number of pyridine rings is 1. The number of para-hydroxylation sites is 2. The third kappa shape index (κ3) is 4.49. The van der Waals surface area contributed by atoms with E-state index in [9.17, 15) is 5.11 Å². The molecular weight excluding hydrogens is 358 g/mol. The molecule has 0 aliphatic rings. The van der Waals surface area contributed by atoms with Crippen LogP contribution in [0.2, 0.25) is 0 Å². The number of rotatable bonds is 2. The van der Waals surface area contributed by atoms with Gasteiger partial charge in [-0.2, -0.15) is 0 Å². The summed E-state index contributed by atoms with van der Waals surface area (Å²) >= 11 is -0.368. The average molecular weight is 370 g/mol. The predicted octanol–water partition coefficient (Wildman–Crippen LogP) is 5.07. The van der Waals surface area contributed by atoms with E-state index in [0.717, 1.165) is 16.6 Å². The van der Waals surface area contributed by atoms with Crippen LogP contribution in [-0.2, 0) is 14.4 Å². The summed E-state index contributed by atoms with van der Waals surface area (Å²) in [4.78, 5) is 8.76. The molecule has 3 rings (SSSR count). The van der Waals surface area contributed by atoms with Crippen LogP contribution in [0.15, 0.2) is 65.8 Å². The van der Waals surface area contributed by atoms with Crippen LogP contribution in [0.1, 0.15) is 5.56 Å². The van der Waals surface area contributed by atoms with Crippen LogP contribution in [0, 0.1) is 0 Å². The molecule has 3 aromatic rings. The number of hydrogen-bond donors (Lipinski definition) is 1. The van der Waals surface area contributed by atoms with Crippen LogP contribution in [0.3, 0.4) is 0 Å². The summed E-state index contributed by atoms with van der Waals surface area (Å²) in [6.07, 6.45) is 3.40. The molecule has 0 radical (unpaired) electrons. The zero-order chi connectivity index (χ0) is 15.8. The molecule has 0 aliphatic heterocycles. The Balaban J connectivity index is 0.000000545. The fourth-order valence-corrected chi connectivity index (χ4v) is 1.93. The van der Waals surface area contributed by atoms with Gasteiger partial charge >= 0.3 is 34.1 Å². The molecule has 0 amide bonds. The van der Waals surface area contributed by atoms with Crippen molar-refractivity contribution in [3.05, 3.63) is 66.4 Å². The Morgan fingerprint density at radius 2 is 1.73 bits per heavy atom. The summed E-state index contributed by atoms with van der Waals surface area (Å²) in [5, 5.41) is 10.7. The molecular formula is C16H12Cl2N2OV. The second-order valence-electron chi connectivity index (χ2n) is 4.23. The van der Waals surface area contributed by atoms with Crippen molar-refractivity contribution >= 4 is 42.5 Å². The second kappa shape index (κ2) is 8.81. The maximum absolute atomic E-state index is 9.69. The van der Waals surface area contributed by atoms with Gasteiger partial charge in [0, 0.05) is 23.4 Å². The zero-order valence-corrected chi connectivity index (χ0v) is 14.3. The molecule has 1 aromatic heterocycles. The molecule has 2 aromatic carbocycles. The number of benzene rings is 2. The van der Waals surface area contributed by atoms with Gasteiger partial charge in [-0.05, 0) is 24.3 Å². The van der Waals surface area contributed by atoms with Crippen molar-refractivity contribution in [1.82, 2.24) is 4.98 Å². The Labute approximate surface area is 143 Å². The van der Waals surface area contributed by atoms with E-state index in [2.05, 4.69) is 9.98 Å². The van der Waals surface area contributed by atoms with Gasteiger partial charge in [0.25, 0.3) is 0 Å². The molecule has 6 heteroatoms. The minimum absolute atomic E-state index is 0.222. The van der Waals surface area contributed by atoms with Crippen LogP contribution in [0.5, 0.6) is 5.75 Å². The number of hydrogen-bond acceptors (Lipinski definition) is 3. The van der Waals surface area contributed by atoms with E-state index in [-0.39, 0.29) is 20.1 Å². The van der Waals surface area contributed by atoms with Gasteiger partial charge in [-0.3, -0.25) is 9.98 Å². The molecule has 0 fully saturated rings. The average Bonchev–Trinajstić information content (AvgIpc) is 2.55. The number of phenols is 1. The number of nitrogens with zero attached hydrogens (tertiary/aromatic N) is 2.